The number of aryl methyl sites for hydroxylation is 1. The first-order valence-electron chi connectivity index (χ1n) is 7.39. The summed E-state index contributed by atoms with van der Waals surface area (Å²) in [6.07, 6.45) is 1.23. The van der Waals surface area contributed by atoms with E-state index in [0.717, 1.165) is 38.6 Å². The van der Waals surface area contributed by atoms with Gasteiger partial charge < -0.3 is 15.0 Å². The lowest BCUT2D eigenvalue weighted by Gasteiger charge is -2.35. The Morgan fingerprint density at radius 2 is 2.19 bits per heavy atom. The third kappa shape index (κ3) is 4.85. The molecule has 1 aliphatic heterocycles. The quantitative estimate of drug-likeness (QED) is 0.479. The molecule has 0 spiro atoms. The number of nitrogens with zero attached hydrogens (tertiary/aromatic N) is 2. The Hall–Kier alpha value is -0.820. The number of hydrogen-bond acceptors (Lipinski definition) is 2. The number of hydrogen-bond donors (Lipinski definition) is 1. The maximum atomic E-state index is 5.95. The number of nitrogens with one attached hydrogen (secondary N) is 1. The molecule has 1 atom stereocenters. The molecule has 1 saturated heterocycles. The Balaban J connectivity index is 0.00000220. The number of morpholine rings is 1. The Bertz CT molecular complexity index is 465. The summed E-state index contributed by atoms with van der Waals surface area (Å²) in [5.74, 6) is 0.980. The molecule has 4 nitrogen and oxygen atoms in total. The summed E-state index contributed by atoms with van der Waals surface area (Å²) in [6, 6.07) is 8.45. The molecule has 0 aromatic heterocycles. The molecule has 1 heterocycles. The number of rotatable bonds is 3. The van der Waals surface area contributed by atoms with Crippen molar-refractivity contribution in [3.05, 3.63) is 35.4 Å². The average molecular weight is 403 g/mol. The standard InChI is InChI=1S/C16H25N3O.HI/c1-4-9-18-16(17-3)19-10-11-20-15(12-19)14-8-6-5-7-13(14)2;/h5-8,15H,4,9-12H2,1-3H3,(H,17,18);1H. The van der Waals surface area contributed by atoms with Gasteiger partial charge in [0.1, 0.15) is 6.10 Å². The maximum Gasteiger partial charge on any atom is 0.193 e. The summed E-state index contributed by atoms with van der Waals surface area (Å²) >= 11 is 0. The molecule has 1 unspecified atom stereocenters. The minimum absolute atomic E-state index is 0. The highest BCUT2D eigenvalue weighted by molar-refractivity contribution is 14.0. The van der Waals surface area contributed by atoms with E-state index in [1.165, 1.54) is 11.1 Å². The van der Waals surface area contributed by atoms with Crippen LogP contribution in [0.15, 0.2) is 29.3 Å². The van der Waals surface area contributed by atoms with Gasteiger partial charge in [0.25, 0.3) is 0 Å². The van der Waals surface area contributed by atoms with Crippen LogP contribution in [0.1, 0.15) is 30.6 Å². The van der Waals surface area contributed by atoms with E-state index >= 15 is 0 Å². The van der Waals surface area contributed by atoms with Crippen molar-refractivity contribution < 1.29 is 4.74 Å². The van der Waals surface area contributed by atoms with Crippen LogP contribution in [0.4, 0.5) is 0 Å². The Kier molecular flexibility index (Phi) is 8.03. The molecule has 0 saturated carbocycles. The highest BCUT2D eigenvalue weighted by Gasteiger charge is 2.24. The topological polar surface area (TPSA) is 36.9 Å². The van der Waals surface area contributed by atoms with E-state index in [0.29, 0.717) is 0 Å². The van der Waals surface area contributed by atoms with E-state index in [4.69, 9.17) is 4.74 Å². The summed E-state index contributed by atoms with van der Waals surface area (Å²) < 4.78 is 5.95. The molecule has 118 valence electrons. The first kappa shape index (κ1) is 18.2. The fourth-order valence-electron chi connectivity index (χ4n) is 2.55. The zero-order valence-corrected chi connectivity index (χ0v) is 15.5. The molecular formula is C16H26IN3O. The normalized spacial score (nSPS) is 19.1. The van der Waals surface area contributed by atoms with Gasteiger partial charge in [-0.05, 0) is 24.5 Å². The maximum absolute atomic E-state index is 5.95. The number of ether oxygens (including phenoxy) is 1. The van der Waals surface area contributed by atoms with Crippen LogP contribution in [0.25, 0.3) is 0 Å². The predicted molar refractivity (Wildman–Crippen MR) is 98.5 cm³/mol. The molecular weight excluding hydrogens is 377 g/mol. The molecule has 0 bridgehead atoms. The number of benzene rings is 1. The van der Waals surface area contributed by atoms with E-state index in [-0.39, 0.29) is 30.1 Å². The minimum atomic E-state index is 0. The highest BCUT2D eigenvalue weighted by Crippen LogP contribution is 2.24. The van der Waals surface area contributed by atoms with Gasteiger partial charge in [0.05, 0.1) is 13.2 Å². The van der Waals surface area contributed by atoms with Crippen LogP contribution >= 0.6 is 24.0 Å². The summed E-state index contributed by atoms with van der Waals surface area (Å²) in [6.45, 7) is 7.75. The zero-order chi connectivity index (χ0) is 14.4. The van der Waals surface area contributed by atoms with Crippen LogP contribution in [0.3, 0.4) is 0 Å². The van der Waals surface area contributed by atoms with Crippen molar-refractivity contribution in [2.45, 2.75) is 26.4 Å². The first-order valence-corrected chi connectivity index (χ1v) is 7.39. The fourth-order valence-corrected chi connectivity index (χ4v) is 2.55. The number of aliphatic imine (C=N–C) groups is 1. The van der Waals surface area contributed by atoms with Crippen LogP contribution in [-0.4, -0.2) is 44.1 Å². The van der Waals surface area contributed by atoms with Crippen molar-refractivity contribution in [2.24, 2.45) is 4.99 Å². The SMILES string of the molecule is CCCNC(=NC)N1CCOC(c2ccccc2C)C1.I. The van der Waals surface area contributed by atoms with Gasteiger partial charge in [0.2, 0.25) is 0 Å². The number of halogens is 1. The molecule has 0 amide bonds. The van der Waals surface area contributed by atoms with Gasteiger partial charge in [0.15, 0.2) is 5.96 Å². The van der Waals surface area contributed by atoms with E-state index < -0.39 is 0 Å². The third-order valence-electron chi connectivity index (χ3n) is 3.65. The van der Waals surface area contributed by atoms with Gasteiger partial charge in [-0.3, -0.25) is 4.99 Å². The smallest absolute Gasteiger partial charge is 0.193 e. The average Bonchev–Trinajstić information content (AvgIpc) is 2.49. The fraction of sp³-hybridized carbons (Fsp3) is 0.562. The Labute approximate surface area is 145 Å². The van der Waals surface area contributed by atoms with Crippen LogP contribution < -0.4 is 5.32 Å². The second-order valence-corrected chi connectivity index (χ2v) is 5.14. The van der Waals surface area contributed by atoms with Crippen molar-refractivity contribution in [3.63, 3.8) is 0 Å². The third-order valence-corrected chi connectivity index (χ3v) is 3.65. The van der Waals surface area contributed by atoms with Gasteiger partial charge in [0, 0.05) is 20.1 Å². The van der Waals surface area contributed by atoms with Gasteiger partial charge in [-0.2, -0.15) is 0 Å². The lowest BCUT2D eigenvalue weighted by atomic mass is 10.0. The molecule has 21 heavy (non-hydrogen) atoms. The zero-order valence-electron chi connectivity index (χ0n) is 13.1. The van der Waals surface area contributed by atoms with Gasteiger partial charge in [-0.25, -0.2) is 0 Å². The molecule has 1 aromatic rings. The van der Waals surface area contributed by atoms with Crippen LogP contribution in [0.5, 0.6) is 0 Å². The Morgan fingerprint density at radius 3 is 2.86 bits per heavy atom. The molecule has 1 fully saturated rings. The molecule has 2 rings (SSSR count). The molecule has 0 aliphatic carbocycles. The van der Waals surface area contributed by atoms with Gasteiger partial charge in [-0.15, -0.1) is 24.0 Å². The highest BCUT2D eigenvalue weighted by atomic mass is 127. The second-order valence-electron chi connectivity index (χ2n) is 5.14. The van der Waals surface area contributed by atoms with Crippen molar-refractivity contribution in [2.75, 3.05) is 33.3 Å². The first-order chi connectivity index (χ1) is 9.76. The van der Waals surface area contributed by atoms with Crippen molar-refractivity contribution in [1.29, 1.82) is 0 Å². The van der Waals surface area contributed by atoms with E-state index in [9.17, 15) is 0 Å². The lowest BCUT2D eigenvalue weighted by Crippen LogP contribution is -2.48. The number of guanidine groups is 1. The Morgan fingerprint density at radius 1 is 1.43 bits per heavy atom. The van der Waals surface area contributed by atoms with E-state index in [1.807, 2.05) is 7.05 Å². The summed E-state index contributed by atoms with van der Waals surface area (Å²) in [5.41, 5.74) is 2.57. The van der Waals surface area contributed by atoms with Crippen molar-refractivity contribution >= 4 is 29.9 Å². The van der Waals surface area contributed by atoms with Crippen LogP contribution in [-0.2, 0) is 4.74 Å². The lowest BCUT2D eigenvalue weighted by molar-refractivity contribution is -0.00829. The van der Waals surface area contributed by atoms with E-state index in [2.05, 4.69) is 53.3 Å². The molecule has 0 radical (unpaired) electrons. The molecule has 5 heteroatoms. The predicted octanol–water partition coefficient (Wildman–Crippen LogP) is 2.97. The van der Waals surface area contributed by atoms with Crippen LogP contribution in [0.2, 0.25) is 0 Å². The summed E-state index contributed by atoms with van der Waals surface area (Å²) in [5, 5.41) is 3.40. The summed E-state index contributed by atoms with van der Waals surface area (Å²) in [7, 11) is 1.84. The monoisotopic (exact) mass is 403 g/mol. The van der Waals surface area contributed by atoms with Crippen molar-refractivity contribution in [1.82, 2.24) is 10.2 Å². The van der Waals surface area contributed by atoms with E-state index in [1.54, 1.807) is 0 Å². The van der Waals surface area contributed by atoms with Crippen LogP contribution in [0, 0.1) is 6.92 Å². The molecule has 1 aliphatic rings. The second kappa shape index (κ2) is 9.25. The van der Waals surface area contributed by atoms with Gasteiger partial charge >= 0.3 is 0 Å². The molecule has 1 aromatic carbocycles. The summed E-state index contributed by atoms with van der Waals surface area (Å²) in [4.78, 5) is 6.66. The minimum Gasteiger partial charge on any atom is -0.370 e. The molecule has 1 N–H and O–H groups in total. The largest absolute Gasteiger partial charge is 0.370 e. The van der Waals surface area contributed by atoms with Gasteiger partial charge in [-0.1, -0.05) is 31.2 Å². The van der Waals surface area contributed by atoms with Crippen molar-refractivity contribution in [3.8, 4) is 0 Å².